The molecule has 0 aliphatic heterocycles. The van der Waals surface area contributed by atoms with Crippen molar-refractivity contribution in [2.45, 2.75) is 17.0 Å². The molecule has 0 aliphatic carbocycles. The summed E-state index contributed by atoms with van der Waals surface area (Å²) < 4.78 is 14.3. The highest BCUT2D eigenvalue weighted by Gasteiger charge is 2.07. The van der Waals surface area contributed by atoms with Crippen molar-refractivity contribution >= 4 is 28.9 Å². The van der Waals surface area contributed by atoms with Crippen LogP contribution in [0.25, 0.3) is 0 Å². The van der Waals surface area contributed by atoms with Crippen LogP contribution in [0.2, 0.25) is 0 Å². The van der Waals surface area contributed by atoms with E-state index in [-0.39, 0.29) is 5.84 Å². The second-order valence-corrected chi connectivity index (χ2v) is 6.11. The lowest BCUT2D eigenvalue weighted by Gasteiger charge is -2.04. The van der Waals surface area contributed by atoms with Crippen molar-refractivity contribution in [3.05, 3.63) is 40.2 Å². The van der Waals surface area contributed by atoms with E-state index in [9.17, 15) is 4.39 Å². The molecule has 1 heterocycles. The largest absolute Gasteiger partial charge is 0.409 e. The van der Waals surface area contributed by atoms with Gasteiger partial charge in [-0.2, -0.15) is 0 Å². The summed E-state index contributed by atoms with van der Waals surface area (Å²) in [5, 5.41) is 20.2. The van der Waals surface area contributed by atoms with Gasteiger partial charge >= 0.3 is 0 Å². The van der Waals surface area contributed by atoms with Crippen LogP contribution in [0.15, 0.2) is 27.7 Å². The average molecular weight is 298 g/mol. The molecule has 0 atom stereocenters. The molecule has 3 N–H and O–H groups in total. The van der Waals surface area contributed by atoms with Gasteiger partial charge in [-0.15, -0.1) is 10.2 Å². The van der Waals surface area contributed by atoms with Crippen molar-refractivity contribution in [3.63, 3.8) is 0 Å². The fourth-order valence-electron chi connectivity index (χ4n) is 1.42. The van der Waals surface area contributed by atoms with E-state index in [0.717, 1.165) is 14.9 Å². The molecule has 2 rings (SSSR count). The van der Waals surface area contributed by atoms with Crippen LogP contribution < -0.4 is 5.73 Å². The van der Waals surface area contributed by atoms with Crippen molar-refractivity contribution < 1.29 is 9.60 Å². The Bertz CT molecular complexity index is 614. The third-order valence-corrected chi connectivity index (χ3v) is 4.27. The molecular weight excluding hydrogens is 287 g/mol. The van der Waals surface area contributed by atoms with Crippen molar-refractivity contribution in [1.29, 1.82) is 0 Å². The van der Waals surface area contributed by atoms with E-state index in [0.29, 0.717) is 11.3 Å². The first-order valence-electron chi connectivity index (χ1n) is 5.29. The fourth-order valence-corrected chi connectivity index (χ4v) is 3.17. The highest BCUT2D eigenvalue weighted by molar-refractivity contribution is 8.00. The Morgan fingerprint density at radius 2 is 2.26 bits per heavy atom. The molecule has 100 valence electrons. The van der Waals surface area contributed by atoms with Crippen molar-refractivity contribution in [1.82, 2.24) is 10.2 Å². The fraction of sp³-hybridized carbons (Fsp3) is 0.182. The molecule has 0 bridgehead atoms. The third kappa shape index (κ3) is 3.65. The van der Waals surface area contributed by atoms with Crippen molar-refractivity contribution in [2.75, 3.05) is 0 Å². The number of halogens is 1. The molecule has 0 amide bonds. The molecule has 0 radical (unpaired) electrons. The van der Waals surface area contributed by atoms with E-state index in [1.165, 1.54) is 35.2 Å². The zero-order valence-corrected chi connectivity index (χ0v) is 11.6. The lowest BCUT2D eigenvalue weighted by Crippen LogP contribution is -2.13. The number of hydrogen-bond acceptors (Lipinski definition) is 6. The molecular formula is C11H11FN4OS2. The Morgan fingerprint density at radius 1 is 1.47 bits per heavy atom. The molecule has 0 aliphatic rings. The molecule has 0 fully saturated rings. The number of nitrogens with two attached hydrogens (primary N) is 1. The summed E-state index contributed by atoms with van der Waals surface area (Å²) in [6.07, 6.45) is 0. The molecule has 5 nitrogen and oxygen atoms in total. The zero-order chi connectivity index (χ0) is 13.8. The van der Waals surface area contributed by atoms with Crippen molar-refractivity contribution in [2.24, 2.45) is 10.9 Å². The monoisotopic (exact) mass is 298 g/mol. The highest BCUT2D eigenvalue weighted by Crippen LogP contribution is 2.26. The molecule has 1 aromatic heterocycles. The predicted molar refractivity (Wildman–Crippen MR) is 73.1 cm³/mol. The Kier molecular flexibility index (Phi) is 4.33. The quantitative estimate of drug-likeness (QED) is 0.298. The standard InChI is InChI=1S/C11H11FN4OS2/c1-6-14-15-11(19-6)18-5-7-2-8(10(13)16-17)4-9(12)3-7/h2-4,17H,5H2,1H3,(H2,13,16). The van der Waals surface area contributed by atoms with Crippen LogP contribution in [0.1, 0.15) is 16.1 Å². The van der Waals surface area contributed by atoms with Gasteiger partial charge in [0, 0.05) is 11.3 Å². The number of rotatable bonds is 4. The van der Waals surface area contributed by atoms with E-state index in [4.69, 9.17) is 10.9 Å². The minimum atomic E-state index is -0.423. The SMILES string of the molecule is Cc1nnc(SCc2cc(F)cc(/C(N)=N/O)c2)s1. The molecule has 0 unspecified atom stereocenters. The number of amidine groups is 1. The highest BCUT2D eigenvalue weighted by atomic mass is 32.2. The smallest absolute Gasteiger partial charge is 0.174 e. The van der Waals surface area contributed by atoms with Crippen LogP contribution in [0.5, 0.6) is 0 Å². The normalized spacial score (nSPS) is 11.8. The van der Waals surface area contributed by atoms with E-state index in [1.54, 1.807) is 6.07 Å². The number of oxime groups is 1. The summed E-state index contributed by atoms with van der Waals surface area (Å²) in [4.78, 5) is 0. The van der Waals surface area contributed by atoms with Gasteiger partial charge < -0.3 is 10.9 Å². The molecule has 0 spiro atoms. The zero-order valence-electron chi connectivity index (χ0n) is 10.00. The van der Waals surface area contributed by atoms with E-state index in [1.807, 2.05) is 6.92 Å². The molecule has 8 heteroatoms. The molecule has 1 aromatic carbocycles. The maximum Gasteiger partial charge on any atom is 0.174 e. The third-order valence-electron chi connectivity index (χ3n) is 2.23. The lowest BCUT2D eigenvalue weighted by atomic mass is 10.1. The molecule has 19 heavy (non-hydrogen) atoms. The second-order valence-electron chi connectivity index (χ2n) is 3.71. The van der Waals surface area contributed by atoms with Gasteiger partial charge in [0.05, 0.1) is 0 Å². The topological polar surface area (TPSA) is 84.4 Å². The predicted octanol–water partition coefficient (Wildman–Crippen LogP) is 2.37. The summed E-state index contributed by atoms with van der Waals surface area (Å²) in [5.41, 5.74) is 6.54. The van der Waals surface area contributed by atoms with Crippen molar-refractivity contribution in [3.8, 4) is 0 Å². The van der Waals surface area contributed by atoms with Gasteiger partial charge in [-0.25, -0.2) is 4.39 Å². The Labute approximate surface area is 117 Å². The lowest BCUT2D eigenvalue weighted by molar-refractivity contribution is 0.318. The summed E-state index contributed by atoms with van der Waals surface area (Å²) in [7, 11) is 0. The van der Waals surface area contributed by atoms with Gasteiger partial charge in [0.2, 0.25) is 0 Å². The van der Waals surface area contributed by atoms with E-state index >= 15 is 0 Å². The first-order valence-corrected chi connectivity index (χ1v) is 7.09. The van der Waals surface area contributed by atoms with Gasteiger partial charge in [-0.3, -0.25) is 0 Å². The van der Waals surface area contributed by atoms with Gasteiger partial charge in [0.25, 0.3) is 0 Å². The molecule has 0 saturated carbocycles. The average Bonchev–Trinajstić information content (AvgIpc) is 2.80. The minimum Gasteiger partial charge on any atom is -0.409 e. The second kappa shape index (κ2) is 5.98. The van der Waals surface area contributed by atoms with Crippen LogP contribution in [0.3, 0.4) is 0 Å². The van der Waals surface area contributed by atoms with E-state index < -0.39 is 5.82 Å². The number of benzene rings is 1. The molecule has 0 saturated heterocycles. The summed E-state index contributed by atoms with van der Waals surface area (Å²) in [6.45, 7) is 1.88. The van der Waals surface area contributed by atoms with Crippen LogP contribution in [0.4, 0.5) is 4.39 Å². The van der Waals surface area contributed by atoms with Gasteiger partial charge in [0.15, 0.2) is 10.2 Å². The maximum atomic E-state index is 13.4. The Balaban J connectivity index is 2.14. The number of thioether (sulfide) groups is 1. The van der Waals surface area contributed by atoms with Gasteiger partial charge in [-0.1, -0.05) is 28.3 Å². The van der Waals surface area contributed by atoms with E-state index in [2.05, 4.69) is 15.4 Å². The number of aromatic nitrogens is 2. The van der Waals surface area contributed by atoms with Crippen LogP contribution in [-0.2, 0) is 5.75 Å². The maximum absolute atomic E-state index is 13.4. The summed E-state index contributed by atoms with van der Waals surface area (Å²) >= 11 is 2.95. The van der Waals surface area contributed by atoms with Crippen LogP contribution >= 0.6 is 23.1 Å². The van der Waals surface area contributed by atoms with Crippen LogP contribution in [-0.4, -0.2) is 21.2 Å². The van der Waals surface area contributed by atoms with Crippen LogP contribution in [0, 0.1) is 12.7 Å². The molecule has 2 aromatic rings. The Morgan fingerprint density at radius 3 is 2.89 bits per heavy atom. The Hall–Kier alpha value is -1.67. The van der Waals surface area contributed by atoms with Gasteiger partial charge in [0.1, 0.15) is 10.8 Å². The number of nitrogens with zero attached hydrogens (tertiary/aromatic N) is 3. The van der Waals surface area contributed by atoms with Gasteiger partial charge in [-0.05, 0) is 30.7 Å². The first kappa shape index (κ1) is 13.8. The summed E-state index contributed by atoms with van der Waals surface area (Å²) in [6, 6.07) is 4.31. The minimum absolute atomic E-state index is 0.113. The number of hydrogen-bond donors (Lipinski definition) is 2. The summed E-state index contributed by atoms with van der Waals surface area (Å²) in [5.74, 6) is 0.00335. The number of aryl methyl sites for hydroxylation is 1. The first-order chi connectivity index (χ1) is 9.08.